The molecule has 0 aromatic heterocycles. The van der Waals surface area contributed by atoms with Crippen LogP contribution in [-0.4, -0.2) is 55.6 Å². The van der Waals surface area contributed by atoms with Crippen LogP contribution in [0.2, 0.25) is 0 Å². The van der Waals surface area contributed by atoms with Gasteiger partial charge < -0.3 is 10.2 Å². The van der Waals surface area contributed by atoms with Crippen LogP contribution >= 0.6 is 0 Å². The van der Waals surface area contributed by atoms with E-state index in [1.54, 1.807) is 0 Å². The lowest BCUT2D eigenvalue weighted by Gasteiger charge is -2.35. The Kier molecular flexibility index (Phi) is 5.37. The van der Waals surface area contributed by atoms with Gasteiger partial charge in [0.1, 0.15) is 0 Å². The van der Waals surface area contributed by atoms with Crippen molar-refractivity contribution in [2.75, 3.05) is 33.7 Å². The van der Waals surface area contributed by atoms with Crippen LogP contribution in [0.25, 0.3) is 0 Å². The van der Waals surface area contributed by atoms with E-state index in [-0.39, 0.29) is 0 Å². The van der Waals surface area contributed by atoms with Gasteiger partial charge in [-0.1, -0.05) is 30.3 Å². The molecule has 1 aromatic carbocycles. The van der Waals surface area contributed by atoms with E-state index in [0.29, 0.717) is 12.1 Å². The number of nitrogens with zero attached hydrogens (tertiary/aromatic N) is 2. The fourth-order valence-electron chi connectivity index (χ4n) is 2.99. The van der Waals surface area contributed by atoms with Gasteiger partial charge in [-0.15, -0.1) is 0 Å². The molecule has 2 rings (SSSR count). The Morgan fingerprint density at radius 2 is 2.00 bits per heavy atom. The lowest BCUT2D eigenvalue weighted by atomic mass is 10.1. The van der Waals surface area contributed by atoms with E-state index in [0.717, 1.165) is 19.6 Å². The minimum absolute atomic E-state index is 0.590. The maximum atomic E-state index is 3.35. The number of nitrogens with one attached hydrogen (secondary N) is 1. The second-order valence-electron chi connectivity index (χ2n) is 5.77. The van der Waals surface area contributed by atoms with Crippen molar-refractivity contribution < 1.29 is 0 Å². The summed E-state index contributed by atoms with van der Waals surface area (Å²) in [6.07, 6.45) is 1.25. The maximum absolute atomic E-state index is 3.35. The van der Waals surface area contributed by atoms with Gasteiger partial charge in [0.05, 0.1) is 0 Å². The van der Waals surface area contributed by atoms with Crippen molar-refractivity contribution >= 4 is 0 Å². The Bertz CT molecular complexity index is 366. The molecule has 19 heavy (non-hydrogen) atoms. The Balaban J connectivity index is 2.11. The van der Waals surface area contributed by atoms with E-state index in [9.17, 15) is 0 Å². The summed E-state index contributed by atoms with van der Waals surface area (Å²) in [7, 11) is 4.29. The van der Waals surface area contributed by atoms with Crippen LogP contribution in [0.3, 0.4) is 0 Å². The molecule has 0 radical (unpaired) electrons. The Labute approximate surface area is 117 Å². The molecule has 1 heterocycles. The van der Waals surface area contributed by atoms with Gasteiger partial charge in [0.2, 0.25) is 0 Å². The molecule has 1 aliphatic rings. The molecule has 1 N–H and O–H groups in total. The third-order valence-electron chi connectivity index (χ3n) is 4.13. The van der Waals surface area contributed by atoms with E-state index in [1.807, 2.05) is 0 Å². The highest BCUT2D eigenvalue weighted by Gasteiger charge is 2.27. The summed E-state index contributed by atoms with van der Waals surface area (Å²) in [6.45, 7) is 6.83. The van der Waals surface area contributed by atoms with E-state index >= 15 is 0 Å². The van der Waals surface area contributed by atoms with E-state index in [4.69, 9.17) is 0 Å². The molecule has 3 nitrogen and oxygen atoms in total. The zero-order valence-electron chi connectivity index (χ0n) is 12.5. The first-order valence-electron chi connectivity index (χ1n) is 7.33. The van der Waals surface area contributed by atoms with Crippen molar-refractivity contribution in [1.29, 1.82) is 0 Å². The molecule has 0 saturated carbocycles. The highest BCUT2D eigenvalue weighted by molar-refractivity contribution is 5.15. The first-order chi connectivity index (χ1) is 9.20. The molecule has 1 saturated heterocycles. The van der Waals surface area contributed by atoms with Crippen LogP contribution in [0.5, 0.6) is 0 Å². The summed E-state index contributed by atoms with van der Waals surface area (Å²) in [5.74, 6) is 0. The van der Waals surface area contributed by atoms with Crippen molar-refractivity contribution in [1.82, 2.24) is 15.1 Å². The molecule has 0 aliphatic carbocycles. The summed E-state index contributed by atoms with van der Waals surface area (Å²) in [5.41, 5.74) is 1.42. The highest BCUT2D eigenvalue weighted by atomic mass is 15.3. The number of hydrogen-bond acceptors (Lipinski definition) is 3. The molecule has 3 heteroatoms. The average Bonchev–Trinajstić information content (AvgIpc) is 2.54. The van der Waals surface area contributed by atoms with E-state index in [1.165, 1.54) is 18.5 Å². The summed E-state index contributed by atoms with van der Waals surface area (Å²) >= 11 is 0. The lowest BCUT2D eigenvalue weighted by Crippen LogP contribution is -2.48. The van der Waals surface area contributed by atoms with Gasteiger partial charge in [-0.2, -0.15) is 0 Å². The third-order valence-corrected chi connectivity index (χ3v) is 4.13. The zero-order valence-corrected chi connectivity index (χ0v) is 12.5. The van der Waals surface area contributed by atoms with Crippen LogP contribution in [0, 0.1) is 0 Å². The smallest absolute Gasteiger partial charge is 0.0354 e. The number of rotatable bonds is 4. The average molecular weight is 261 g/mol. The van der Waals surface area contributed by atoms with Crippen molar-refractivity contribution in [3.63, 3.8) is 0 Å². The first-order valence-corrected chi connectivity index (χ1v) is 7.33. The monoisotopic (exact) mass is 261 g/mol. The molecule has 1 aromatic rings. The Morgan fingerprint density at radius 3 is 2.68 bits per heavy atom. The molecule has 2 unspecified atom stereocenters. The second-order valence-corrected chi connectivity index (χ2v) is 5.77. The topological polar surface area (TPSA) is 18.5 Å². The van der Waals surface area contributed by atoms with Crippen molar-refractivity contribution in [3.05, 3.63) is 35.9 Å². The van der Waals surface area contributed by atoms with Gasteiger partial charge in [-0.3, -0.25) is 4.90 Å². The maximum Gasteiger partial charge on any atom is 0.0354 e. The number of benzene rings is 1. The van der Waals surface area contributed by atoms with Crippen LogP contribution in [0.15, 0.2) is 30.3 Å². The van der Waals surface area contributed by atoms with Gasteiger partial charge in [0.25, 0.3) is 0 Å². The molecule has 1 fully saturated rings. The largest absolute Gasteiger partial charge is 0.318 e. The van der Waals surface area contributed by atoms with Crippen LogP contribution in [-0.2, 0) is 6.54 Å². The van der Waals surface area contributed by atoms with Gasteiger partial charge in [0, 0.05) is 31.7 Å². The van der Waals surface area contributed by atoms with E-state index < -0.39 is 0 Å². The Morgan fingerprint density at radius 1 is 1.26 bits per heavy atom. The molecule has 2 atom stereocenters. The van der Waals surface area contributed by atoms with Crippen molar-refractivity contribution in [3.8, 4) is 0 Å². The predicted octanol–water partition coefficient (Wildman–Crippen LogP) is 1.80. The van der Waals surface area contributed by atoms with Gasteiger partial charge in [-0.05, 0) is 39.5 Å². The molecule has 1 aliphatic heterocycles. The molecular formula is C16H27N3. The summed E-state index contributed by atoms with van der Waals surface area (Å²) < 4.78 is 0. The summed E-state index contributed by atoms with van der Waals surface area (Å²) in [6, 6.07) is 12.1. The zero-order chi connectivity index (χ0) is 13.7. The standard InChI is InChI=1S/C16H27N3/c1-14-9-10-18(3)13-16(11-17-2)19(14)12-15-7-5-4-6-8-15/h4-8,14,16-17H,9-13H2,1-3H3. The van der Waals surface area contributed by atoms with E-state index in [2.05, 4.69) is 66.5 Å². The highest BCUT2D eigenvalue weighted by Crippen LogP contribution is 2.18. The number of hydrogen-bond donors (Lipinski definition) is 1. The van der Waals surface area contributed by atoms with Crippen molar-refractivity contribution in [2.24, 2.45) is 0 Å². The predicted molar refractivity (Wildman–Crippen MR) is 81.3 cm³/mol. The molecule has 106 valence electrons. The lowest BCUT2D eigenvalue weighted by molar-refractivity contribution is 0.134. The third kappa shape index (κ3) is 4.03. The van der Waals surface area contributed by atoms with Crippen LogP contribution in [0.1, 0.15) is 18.9 Å². The van der Waals surface area contributed by atoms with Crippen LogP contribution < -0.4 is 5.32 Å². The van der Waals surface area contributed by atoms with Crippen molar-refractivity contribution in [2.45, 2.75) is 32.0 Å². The molecule has 0 bridgehead atoms. The quantitative estimate of drug-likeness (QED) is 0.891. The summed E-state index contributed by atoms with van der Waals surface area (Å²) in [4.78, 5) is 5.12. The Hall–Kier alpha value is -0.900. The number of likely N-dealkylation sites (N-methyl/N-ethyl adjacent to an activating group) is 2. The van der Waals surface area contributed by atoms with Crippen LogP contribution in [0.4, 0.5) is 0 Å². The van der Waals surface area contributed by atoms with Gasteiger partial charge in [-0.25, -0.2) is 0 Å². The second kappa shape index (κ2) is 7.04. The van der Waals surface area contributed by atoms with Gasteiger partial charge in [0.15, 0.2) is 0 Å². The summed E-state index contributed by atoms with van der Waals surface area (Å²) in [5, 5.41) is 3.35. The fraction of sp³-hybridized carbons (Fsp3) is 0.625. The van der Waals surface area contributed by atoms with Gasteiger partial charge >= 0.3 is 0 Å². The minimum Gasteiger partial charge on any atom is -0.318 e. The fourth-order valence-corrected chi connectivity index (χ4v) is 2.99. The SMILES string of the molecule is CNCC1CN(C)CCC(C)N1Cc1ccccc1. The molecular weight excluding hydrogens is 234 g/mol. The molecule has 0 spiro atoms. The minimum atomic E-state index is 0.590. The molecule has 0 amide bonds. The normalized spacial score (nSPS) is 26.3. The first kappa shape index (κ1) is 14.5.